The van der Waals surface area contributed by atoms with Gasteiger partial charge in [0.05, 0.1) is 12.5 Å². The summed E-state index contributed by atoms with van der Waals surface area (Å²) in [6.45, 7) is 5.31. The van der Waals surface area contributed by atoms with Gasteiger partial charge in [-0.25, -0.2) is 0 Å². The Balaban J connectivity index is 1.81. The highest BCUT2D eigenvalue weighted by Gasteiger charge is 2.36. The van der Waals surface area contributed by atoms with Gasteiger partial charge < -0.3 is 15.4 Å². The van der Waals surface area contributed by atoms with Gasteiger partial charge in [-0.15, -0.1) is 0 Å². The Morgan fingerprint density at radius 1 is 1.41 bits per heavy atom. The van der Waals surface area contributed by atoms with Gasteiger partial charge in [0.2, 0.25) is 5.91 Å². The fourth-order valence-corrected chi connectivity index (χ4v) is 2.98. The van der Waals surface area contributed by atoms with E-state index in [1.54, 1.807) is 0 Å². The van der Waals surface area contributed by atoms with Gasteiger partial charge in [-0.2, -0.15) is 0 Å². The second kappa shape index (κ2) is 5.83. The molecule has 3 unspecified atom stereocenters. The van der Waals surface area contributed by atoms with Crippen molar-refractivity contribution in [2.24, 2.45) is 17.6 Å². The van der Waals surface area contributed by atoms with E-state index < -0.39 is 0 Å². The van der Waals surface area contributed by atoms with Crippen LogP contribution in [0.25, 0.3) is 0 Å². The second-order valence-electron chi connectivity index (χ2n) is 5.30. The average Bonchev–Trinajstić information content (AvgIpc) is 2.94. The van der Waals surface area contributed by atoms with Crippen molar-refractivity contribution in [2.75, 3.05) is 26.3 Å². The van der Waals surface area contributed by atoms with Crippen LogP contribution in [-0.4, -0.2) is 43.2 Å². The fraction of sp³-hybridized carbons (Fsp3) is 0.923. The number of nitrogens with zero attached hydrogens (tertiary/aromatic N) is 1. The minimum absolute atomic E-state index is 0.0841. The molecule has 4 nitrogen and oxygen atoms in total. The summed E-state index contributed by atoms with van der Waals surface area (Å²) >= 11 is 0. The van der Waals surface area contributed by atoms with Crippen LogP contribution in [0.5, 0.6) is 0 Å². The highest BCUT2D eigenvalue weighted by Crippen LogP contribution is 2.28. The predicted molar refractivity (Wildman–Crippen MR) is 66.5 cm³/mol. The molecule has 0 spiro atoms. The Morgan fingerprint density at radius 3 is 2.88 bits per heavy atom. The van der Waals surface area contributed by atoms with E-state index >= 15 is 0 Å². The molecular formula is C13H24N2O2. The zero-order valence-corrected chi connectivity index (χ0v) is 10.7. The predicted octanol–water partition coefficient (Wildman–Crippen LogP) is 0.999. The first-order valence-electron chi connectivity index (χ1n) is 6.84. The van der Waals surface area contributed by atoms with Crippen molar-refractivity contribution in [3.8, 4) is 0 Å². The van der Waals surface area contributed by atoms with E-state index in [0.717, 1.165) is 52.0 Å². The number of amides is 1. The minimum atomic E-state index is 0.0841. The Morgan fingerprint density at radius 2 is 2.24 bits per heavy atom. The lowest BCUT2D eigenvalue weighted by molar-refractivity contribution is -0.134. The number of rotatable bonds is 4. The number of carbonyl (C=O) groups excluding carboxylic acids is 1. The molecule has 2 rings (SSSR count). The van der Waals surface area contributed by atoms with E-state index in [4.69, 9.17) is 10.5 Å². The number of carbonyl (C=O) groups is 1. The van der Waals surface area contributed by atoms with Crippen LogP contribution in [0, 0.1) is 11.8 Å². The van der Waals surface area contributed by atoms with Crippen molar-refractivity contribution in [3.63, 3.8) is 0 Å². The zero-order valence-electron chi connectivity index (χ0n) is 10.7. The van der Waals surface area contributed by atoms with Crippen LogP contribution in [0.2, 0.25) is 0 Å². The van der Waals surface area contributed by atoms with Crippen LogP contribution in [0.15, 0.2) is 0 Å². The molecule has 0 bridgehead atoms. The quantitative estimate of drug-likeness (QED) is 0.797. The first-order valence-corrected chi connectivity index (χ1v) is 6.84. The molecule has 1 aliphatic heterocycles. The summed E-state index contributed by atoms with van der Waals surface area (Å²) in [6.07, 6.45) is 4.17. The van der Waals surface area contributed by atoms with Gasteiger partial charge in [0, 0.05) is 31.7 Å². The van der Waals surface area contributed by atoms with Crippen LogP contribution < -0.4 is 5.73 Å². The van der Waals surface area contributed by atoms with E-state index in [-0.39, 0.29) is 17.9 Å². The summed E-state index contributed by atoms with van der Waals surface area (Å²) in [4.78, 5) is 14.3. The van der Waals surface area contributed by atoms with Crippen molar-refractivity contribution >= 4 is 5.91 Å². The van der Waals surface area contributed by atoms with E-state index in [2.05, 4.69) is 0 Å². The highest BCUT2D eigenvalue weighted by atomic mass is 16.5. The molecule has 1 saturated heterocycles. The minimum Gasteiger partial charge on any atom is -0.381 e. The van der Waals surface area contributed by atoms with E-state index in [0.29, 0.717) is 5.92 Å². The molecule has 4 heteroatoms. The number of likely N-dealkylation sites (tertiary alicyclic amines) is 1. The molecular weight excluding hydrogens is 216 g/mol. The number of nitrogens with two attached hydrogens (primary N) is 1. The number of hydrogen-bond acceptors (Lipinski definition) is 3. The molecule has 0 aromatic rings. The van der Waals surface area contributed by atoms with Crippen molar-refractivity contribution in [2.45, 2.75) is 38.6 Å². The van der Waals surface area contributed by atoms with Gasteiger partial charge >= 0.3 is 0 Å². The van der Waals surface area contributed by atoms with Crippen molar-refractivity contribution < 1.29 is 9.53 Å². The van der Waals surface area contributed by atoms with Crippen LogP contribution in [0.4, 0.5) is 0 Å². The largest absolute Gasteiger partial charge is 0.381 e. The molecule has 17 heavy (non-hydrogen) atoms. The zero-order chi connectivity index (χ0) is 12.3. The SMILES string of the molecule is CCOCC1CCN(C(=O)C2CCCC2N)C1. The average molecular weight is 240 g/mol. The summed E-state index contributed by atoms with van der Waals surface area (Å²) in [5.74, 6) is 0.895. The fourth-order valence-electron chi connectivity index (χ4n) is 2.98. The topological polar surface area (TPSA) is 55.6 Å². The van der Waals surface area contributed by atoms with Crippen molar-refractivity contribution in [3.05, 3.63) is 0 Å². The van der Waals surface area contributed by atoms with Crippen LogP contribution in [-0.2, 0) is 9.53 Å². The van der Waals surface area contributed by atoms with E-state index in [1.807, 2.05) is 11.8 Å². The third-order valence-electron chi connectivity index (χ3n) is 4.04. The summed E-state index contributed by atoms with van der Waals surface area (Å²) in [7, 11) is 0. The van der Waals surface area contributed by atoms with Crippen molar-refractivity contribution in [1.29, 1.82) is 0 Å². The summed E-state index contributed by atoms with van der Waals surface area (Å²) < 4.78 is 5.43. The molecule has 3 atom stereocenters. The lowest BCUT2D eigenvalue weighted by Crippen LogP contribution is -2.40. The van der Waals surface area contributed by atoms with E-state index in [1.165, 1.54) is 0 Å². The van der Waals surface area contributed by atoms with E-state index in [9.17, 15) is 4.79 Å². The Labute approximate surface area is 103 Å². The maximum absolute atomic E-state index is 12.3. The molecule has 0 aromatic heterocycles. The molecule has 0 aromatic carbocycles. The first-order chi connectivity index (χ1) is 8.22. The maximum Gasteiger partial charge on any atom is 0.227 e. The van der Waals surface area contributed by atoms with Crippen LogP contribution >= 0.6 is 0 Å². The van der Waals surface area contributed by atoms with Gasteiger partial charge in [-0.05, 0) is 26.2 Å². The standard InChI is InChI=1S/C13H24N2O2/c1-2-17-9-10-6-7-15(8-10)13(16)11-4-3-5-12(11)14/h10-12H,2-9,14H2,1H3. The molecule has 2 fully saturated rings. The van der Waals surface area contributed by atoms with Gasteiger partial charge in [-0.1, -0.05) is 6.42 Å². The molecule has 2 N–H and O–H groups in total. The maximum atomic E-state index is 12.3. The molecule has 0 radical (unpaired) electrons. The highest BCUT2D eigenvalue weighted by molar-refractivity contribution is 5.80. The summed E-state index contributed by atoms with van der Waals surface area (Å²) in [6, 6.07) is 0.0911. The lowest BCUT2D eigenvalue weighted by atomic mass is 10.0. The lowest BCUT2D eigenvalue weighted by Gasteiger charge is -2.23. The molecule has 1 amide bonds. The van der Waals surface area contributed by atoms with Gasteiger partial charge in [0.1, 0.15) is 0 Å². The number of ether oxygens (including phenoxy) is 1. The van der Waals surface area contributed by atoms with Crippen LogP contribution in [0.3, 0.4) is 0 Å². The molecule has 1 heterocycles. The smallest absolute Gasteiger partial charge is 0.227 e. The normalized spacial score (nSPS) is 33.3. The number of hydrogen-bond donors (Lipinski definition) is 1. The molecule has 2 aliphatic rings. The Hall–Kier alpha value is -0.610. The Kier molecular flexibility index (Phi) is 4.40. The third kappa shape index (κ3) is 2.99. The van der Waals surface area contributed by atoms with Gasteiger partial charge in [0.25, 0.3) is 0 Å². The summed E-state index contributed by atoms with van der Waals surface area (Å²) in [5.41, 5.74) is 5.99. The van der Waals surface area contributed by atoms with Crippen molar-refractivity contribution in [1.82, 2.24) is 4.90 Å². The molecule has 1 aliphatic carbocycles. The molecule has 98 valence electrons. The van der Waals surface area contributed by atoms with Gasteiger partial charge in [0.15, 0.2) is 0 Å². The summed E-state index contributed by atoms with van der Waals surface area (Å²) in [5, 5.41) is 0. The first kappa shape index (κ1) is 12.8. The second-order valence-corrected chi connectivity index (χ2v) is 5.30. The van der Waals surface area contributed by atoms with Crippen LogP contribution in [0.1, 0.15) is 32.6 Å². The third-order valence-corrected chi connectivity index (χ3v) is 4.04. The van der Waals surface area contributed by atoms with Gasteiger partial charge in [-0.3, -0.25) is 4.79 Å². The molecule has 1 saturated carbocycles. The monoisotopic (exact) mass is 240 g/mol. The Bertz CT molecular complexity index is 270.